The van der Waals surface area contributed by atoms with Crippen molar-refractivity contribution in [2.24, 2.45) is 0 Å². The van der Waals surface area contributed by atoms with Crippen LogP contribution in [0.3, 0.4) is 0 Å². The van der Waals surface area contributed by atoms with Gasteiger partial charge in [-0.1, -0.05) is 19.1 Å². The zero-order valence-electron chi connectivity index (χ0n) is 13.5. The van der Waals surface area contributed by atoms with E-state index < -0.39 is 6.10 Å². The van der Waals surface area contributed by atoms with Crippen molar-refractivity contribution < 1.29 is 19.1 Å². The monoisotopic (exact) mass is 317 g/mol. The van der Waals surface area contributed by atoms with Gasteiger partial charge in [0.25, 0.3) is 5.91 Å². The van der Waals surface area contributed by atoms with Gasteiger partial charge in [0.05, 0.1) is 6.26 Å². The minimum Gasteiger partial charge on any atom is -0.484 e. The van der Waals surface area contributed by atoms with Crippen molar-refractivity contribution in [1.82, 2.24) is 5.32 Å². The summed E-state index contributed by atoms with van der Waals surface area (Å²) in [4.78, 5) is 11.9. The van der Waals surface area contributed by atoms with E-state index in [1.807, 2.05) is 31.2 Å². The lowest BCUT2D eigenvalue weighted by molar-refractivity contribution is -0.123. The van der Waals surface area contributed by atoms with Gasteiger partial charge in [0.15, 0.2) is 6.61 Å². The summed E-state index contributed by atoms with van der Waals surface area (Å²) < 4.78 is 10.6. The van der Waals surface area contributed by atoms with Crippen LogP contribution in [0.2, 0.25) is 0 Å². The number of aryl methyl sites for hydroxylation is 1. The number of aliphatic hydroxyl groups is 1. The van der Waals surface area contributed by atoms with Crippen molar-refractivity contribution in [1.29, 1.82) is 0 Å². The lowest BCUT2D eigenvalue weighted by atomic mass is 10.1. The van der Waals surface area contributed by atoms with Crippen LogP contribution in [0, 0.1) is 0 Å². The summed E-state index contributed by atoms with van der Waals surface area (Å²) in [5, 5.41) is 12.8. The van der Waals surface area contributed by atoms with E-state index in [2.05, 4.69) is 12.2 Å². The van der Waals surface area contributed by atoms with Crippen LogP contribution in [-0.4, -0.2) is 23.7 Å². The number of aliphatic hydroxyl groups excluding tert-OH is 1. The molecule has 0 saturated carbocycles. The SMILES string of the molecule is CCc1ccc(OCC(=O)NC(C)CC(O)c2ccco2)cc1. The normalized spacial score (nSPS) is 13.3. The van der Waals surface area contributed by atoms with Crippen molar-refractivity contribution in [3.8, 4) is 5.75 Å². The standard InChI is InChI=1S/C18H23NO4/c1-3-14-6-8-15(9-7-14)23-12-18(21)19-13(2)11-16(20)17-5-4-10-22-17/h4-10,13,16,20H,3,11-12H2,1-2H3,(H,19,21). The summed E-state index contributed by atoms with van der Waals surface area (Å²) >= 11 is 0. The lowest BCUT2D eigenvalue weighted by Crippen LogP contribution is -2.37. The molecular formula is C18H23NO4. The maximum Gasteiger partial charge on any atom is 0.258 e. The molecule has 0 aliphatic carbocycles. The van der Waals surface area contributed by atoms with E-state index in [0.29, 0.717) is 17.9 Å². The number of amides is 1. The van der Waals surface area contributed by atoms with E-state index in [1.165, 1.54) is 11.8 Å². The van der Waals surface area contributed by atoms with Crippen LogP contribution in [0.4, 0.5) is 0 Å². The van der Waals surface area contributed by atoms with Gasteiger partial charge in [-0.05, 0) is 43.2 Å². The molecule has 5 heteroatoms. The second-order valence-corrected chi connectivity index (χ2v) is 5.52. The molecule has 124 valence electrons. The fraction of sp³-hybridized carbons (Fsp3) is 0.389. The summed E-state index contributed by atoms with van der Waals surface area (Å²) in [5.74, 6) is 0.947. The average molecular weight is 317 g/mol. The number of carbonyl (C=O) groups is 1. The molecule has 2 rings (SSSR count). The van der Waals surface area contributed by atoms with Gasteiger partial charge in [-0.15, -0.1) is 0 Å². The zero-order chi connectivity index (χ0) is 16.7. The Morgan fingerprint density at radius 2 is 2.04 bits per heavy atom. The minimum atomic E-state index is -0.734. The molecule has 1 aromatic heterocycles. The lowest BCUT2D eigenvalue weighted by Gasteiger charge is -2.17. The van der Waals surface area contributed by atoms with Crippen LogP contribution in [0.5, 0.6) is 5.75 Å². The van der Waals surface area contributed by atoms with E-state index in [-0.39, 0.29) is 18.6 Å². The predicted octanol–water partition coefficient (Wildman–Crippen LogP) is 2.85. The minimum absolute atomic E-state index is 0.0489. The topological polar surface area (TPSA) is 71.7 Å². The third-order valence-corrected chi connectivity index (χ3v) is 3.56. The largest absolute Gasteiger partial charge is 0.484 e. The van der Waals surface area contributed by atoms with Gasteiger partial charge in [0.2, 0.25) is 0 Å². The Labute approximate surface area is 136 Å². The first-order chi connectivity index (χ1) is 11.1. The van der Waals surface area contributed by atoms with E-state index >= 15 is 0 Å². The third kappa shape index (κ3) is 5.45. The molecule has 0 aliphatic rings. The number of ether oxygens (including phenoxy) is 1. The highest BCUT2D eigenvalue weighted by Crippen LogP contribution is 2.18. The van der Waals surface area contributed by atoms with Gasteiger partial charge in [-0.2, -0.15) is 0 Å². The van der Waals surface area contributed by atoms with Gasteiger partial charge in [-0.25, -0.2) is 0 Å². The summed E-state index contributed by atoms with van der Waals surface area (Å²) in [6.45, 7) is 3.87. The summed E-state index contributed by atoms with van der Waals surface area (Å²) in [6.07, 6.45) is 2.13. The Bertz CT molecular complexity index is 592. The van der Waals surface area contributed by atoms with Crippen LogP contribution in [-0.2, 0) is 11.2 Å². The fourth-order valence-electron chi connectivity index (χ4n) is 2.28. The highest BCUT2D eigenvalue weighted by molar-refractivity contribution is 5.77. The van der Waals surface area contributed by atoms with Crippen molar-refractivity contribution in [2.45, 2.75) is 38.8 Å². The molecule has 23 heavy (non-hydrogen) atoms. The molecule has 0 saturated heterocycles. The number of nitrogens with one attached hydrogen (secondary N) is 1. The first kappa shape index (κ1) is 17.1. The maximum absolute atomic E-state index is 11.9. The Morgan fingerprint density at radius 1 is 1.30 bits per heavy atom. The zero-order valence-corrected chi connectivity index (χ0v) is 13.5. The van der Waals surface area contributed by atoms with Crippen LogP contribution in [0.1, 0.15) is 37.7 Å². The molecule has 5 nitrogen and oxygen atoms in total. The van der Waals surface area contributed by atoms with Gasteiger partial charge in [0.1, 0.15) is 17.6 Å². The van der Waals surface area contributed by atoms with Gasteiger partial charge in [-0.3, -0.25) is 4.79 Å². The van der Waals surface area contributed by atoms with Gasteiger partial charge < -0.3 is 19.6 Å². The summed E-state index contributed by atoms with van der Waals surface area (Å²) in [6, 6.07) is 10.9. The Balaban J connectivity index is 1.73. The number of benzene rings is 1. The summed E-state index contributed by atoms with van der Waals surface area (Å²) in [7, 11) is 0. The molecule has 1 amide bonds. The van der Waals surface area contributed by atoms with Gasteiger partial charge >= 0.3 is 0 Å². The average Bonchev–Trinajstić information content (AvgIpc) is 3.08. The van der Waals surface area contributed by atoms with E-state index in [0.717, 1.165) is 6.42 Å². The first-order valence-electron chi connectivity index (χ1n) is 7.81. The molecule has 0 spiro atoms. The van der Waals surface area contributed by atoms with Crippen molar-refractivity contribution in [3.05, 3.63) is 54.0 Å². The molecule has 2 N–H and O–H groups in total. The number of hydrogen-bond donors (Lipinski definition) is 2. The van der Waals surface area contributed by atoms with Crippen LogP contribution >= 0.6 is 0 Å². The second-order valence-electron chi connectivity index (χ2n) is 5.52. The highest BCUT2D eigenvalue weighted by atomic mass is 16.5. The molecule has 2 aromatic rings. The molecule has 0 radical (unpaired) electrons. The van der Waals surface area contributed by atoms with Crippen molar-refractivity contribution in [3.63, 3.8) is 0 Å². The number of hydrogen-bond acceptors (Lipinski definition) is 4. The molecule has 0 fully saturated rings. The number of furan rings is 1. The Morgan fingerprint density at radius 3 is 2.65 bits per heavy atom. The maximum atomic E-state index is 11.9. The molecule has 2 atom stereocenters. The summed E-state index contributed by atoms with van der Waals surface area (Å²) in [5.41, 5.74) is 1.22. The molecule has 0 aliphatic heterocycles. The van der Waals surface area contributed by atoms with Crippen molar-refractivity contribution >= 4 is 5.91 Å². The van der Waals surface area contributed by atoms with Crippen molar-refractivity contribution in [2.75, 3.05) is 6.61 Å². The van der Waals surface area contributed by atoms with E-state index in [4.69, 9.17) is 9.15 Å². The smallest absolute Gasteiger partial charge is 0.258 e. The second kappa shape index (κ2) is 8.39. The first-order valence-corrected chi connectivity index (χ1v) is 7.81. The molecule has 0 bridgehead atoms. The Kier molecular flexibility index (Phi) is 6.23. The van der Waals surface area contributed by atoms with Crippen LogP contribution in [0.15, 0.2) is 47.1 Å². The van der Waals surface area contributed by atoms with Crippen LogP contribution < -0.4 is 10.1 Å². The quantitative estimate of drug-likeness (QED) is 0.785. The predicted molar refractivity (Wildman–Crippen MR) is 87.2 cm³/mol. The number of rotatable bonds is 8. The van der Waals surface area contributed by atoms with E-state index in [9.17, 15) is 9.90 Å². The van der Waals surface area contributed by atoms with E-state index in [1.54, 1.807) is 12.1 Å². The van der Waals surface area contributed by atoms with Gasteiger partial charge in [0, 0.05) is 12.5 Å². The molecule has 1 heterocycles. The molecule has 1 aromatic carbocycles. The van der Waals surface area contributed by atoms with Crippen LogP contribution in [0.25, 0.3) is 0 Å². The third-order valence-electron chi connectivity index (χ3n) is 3.56. The fourth-order valence-corrected chi connectivity index (χ4v) is 2.28. The molecule has 2 unspecified atom stereocenters. The highest BCUT2D eigenvalue weighted by Gasteiger charge is 2.16. The molecular weight excluding hydrogens is 294 g/mol. The number of carbonyl (C=O) groups excluding carboxylic acids is 1. The Hall–Kier alpha value is -2.27.